The normalized spacial score (nSPS) is 11.1. The van der Waals surface area contributed by atoms with Crippen molar-refractivity contribution in [3.63, 3.8) is 0 Å². The van der Waals surface area contributed by atoms with E-state index >= 15 is 0 Å². The van der Waals surface area contributed by atoms with Gasteiger partial charge >= 0.3 is 0 Å². The zero-order valence-corrected chi connectivity index (χ0v) is 13.6. The molecule has 1 heterocycles. The average Bonchev–Trinajstić information content (AvgIpc) is 2.98. The second-order valence-corrected chi connectivity index (χ2v) is 5.35. The molecule has 24 heavy (non-hydrogen) atoms. The highest BCUT2D eigenvalue weighted by atomic mass is 35.5. The second-order valence-electron chi connectivity index (χ2n) is 4.92. The lowest BCUT2D eigenvalue weighted by Crippen LogP contribution is -2.23. The molecule has 3 aromatic rings. The van der Waals surface area contributed by atoms with E-state index in [1.807, 2.05) is 24.3 Å². The molecule has 0 saturated heterocycles. The highest BCUT2D eigenvalue weighted by Gasteiger charge is 2.08. The molecule has 3 rings (SSSR count). The van der Waals surface area contributed by atoms with Crippen LogP contribution in [0.1, 0.15) is 5.56 Å². The first kappa shape index (κ1) is 15.9. The Morgan fingerprint density at radius 1 is 1.38 bits per heavy atom. The van der Waals surface area contributed by atoms with Crippen molar-refractivity contribution in [3.8, 4) is 5.75 Å². The number of hydrazone groups is 1. The van der Waals surface area contributed by atoms with Gasteiger partial charge in [0.05, 0.1) is 18.8 Å². The fraction of sp³-hybridized carbons (Fsp3) is 0.125. The topological polar surface area (TPSA) is 81.4 Å². The predicted molar refractivity (Wildman–Crippen MR) is 91.3 cm³/mol. The van der Waals surface area contributed by atoms with Crippen LogP contribution in [0.15, 0.2) is 47.6 Å². The Morgan fingerprint density at radius 3 is 3.04 bits per heavy atom. The fourth-order valence-corrected chi connectivity index (χ4v) is 2.37. The summed E-state index contributed by atoms with van der Waals surface area (Å²) in [6.07, 6.45) is 1.47. The number of para-hydroxylation sites is 1. The lowest BCUT2D eigenvalue weighted by molar-refractivity contribution is -0.121. The molecule has 7 nitrogen and oxygen atoms in total. The summed E-state index contributed by atoms with van der Waals surface area (Å²) in [6.45, 7) is 0.0184. The lowest BCUT2D eigenvalue weighted by Gasteiger charge is -2.04. The minimum atomic E-state index is -0.317. The van der Waals surface area contributed by atoms with E-state index in [1.165, 1.54) is 10.9 Å². The molecular weight excluding hydrogens is 330 g/mol. The van der Waals surface area contributed by atoms with Crippen LogP contribution in [-0.2, 0) is 11.3 Å². The van der Waals surface area contributed by atoms with E-state index < -0.39 is 0 Å². The van der Waals surface area contributed by atoms with Gasteiger partial charge in [-0.2, -0.15) is 5.10 Å². The molecule has 0 saturated carbocycles. The van der Waals surface area contributed by atoms with Gasteiger partial charge in [-0.05, 0) is 30.3 Å². The van der Waals surface area contributed by atoms with Gasteiger partial charge in [0.15, 0.2) is 0 Å². The molecule has 0 unspecified atom stereocenters. The van der Waals surface area contributed by atoms with Crippen molar-refractivity contribution in [1.82, 2.24) is 20.4 Å². The molecule has 0 aliphatic carbocycles. The van der Waals surface area contributed by atoms with Gasteiger partial charge < -0.3 is 4.74 Å². The van der Waals surface area contributed by atoms with Gasteiger partial charge in [-0.1, -0.05) is 28.9 Å². The molecule has 0 aliphatic rings. The largest absolute Gasteiger partial charge is 0.496 e. The number of halogens is 1. The number of nitrogens with one attached hydrogen (secondary N) is 1. The highest BCUT2D eigenvalue weighted by Crippen LogP contribution is 2.20. The third-order valence-corrected chi connectivity index (χ3v) is 3.53. The van der Waals surface area contributed by atoms with E-state index in [2.05, 4.69) is 20.8 Å². The molecule has 0 fully saturated rings. The number of ether oxygens (including phenoxy) is 1. The van der Waals surface area contributed by atoms with Crippen molar-refractivity contribution < 1.29 is 9.53 Å². The number of fused-ring (bicyclic) bond motifs is 1. The smallest absolute Gasteiger partial charge is 0.261 e. The number of methoxy groups -OCH3 is 1. The van der Waals surface area contributed by atoms with Gasteiger partial charge in [0.2, 0.25) is 0 Å². The molecule has 1 aromatic heterocycles. The number of carbonyl (C=O) groups excluding carboxylic acids is 1. The van der Waals surface area contributed by atoms with Gasteiger partial charge in [0.1, 0.15) is 17.8 Å². The number of hydrogen-bond acceptors (Lipinski definition) is 5. The van der Waals surface area contributed by atoms with Crippen molar-refractivity contribution in [3.05, 3.63) is 53.1 Å². The van der Waals surface area contributed by atoms with Gasteiger partial charge in [-0.15, -0.1) is 5.10 Å². The van der Waals surface area contributed by atoms with Gasteiger partial charge in [0, 0.05) is 10.6 Å². The number of nitrogens with zero attached hydrogens (tertiary/aromatic N) is 4. The first-order valence-corrected chi connectivity index (χ1v) is 7.49. The molecule has 0 spiro atoms. The van der Waals surface area contributed by atoms with E-state index in [9.17, 15) is 4.79 Å². The minimum Gasteiger partial charge on any atom is -0.496 e. The summed E-state index contributed by atoms with van der Waals surface area (Å²) < 4.78 is 6.72. The summed E-state index contributed by atoms with van der Waals surface area (Å²) in [5, 5.41) is 12.4. The second kappa shape index (κ2) is 7.10. The van der Waals surface area contributed by atoms with Crippen LogP contribution in [0.25, 0.3) is 11.0 Å². The number of hydrogen-bond donors (Lipinski definition) is 1. The maximum atomic E-state index is 12.0. The monoisotopic (exact) mass is 343 g/mol. The summed E-state index contributed by atoms with van der Waals surface area (Å²) in [6, 6.07) is 12.6. The number of benzene rings is 2. The van der Waals surface area contributed by atoms with Crippen molar-refractivity contribution in [2.75, 3.05) is 7.11 Å². The summed E-state index contributed by atoms with van der Waals surface area (Å²) in [7, 11) is 1.55. The van der Waals surface area contributed by atoms with Gasteiger partial charge in [-0.3, -0.25) is 4.79 Å². The molecule has 0 aliphatic heterocycles. The summed E-state index contributed by atoms with van der Waals surface area (Å²) >= 11 is 5.94. The van der Waals surface area contributed by atoms with Crippen molar-refractivity contribution in [2.45, 2.75) is 6.54 Å². The Morgan fingerprint density at radius 2 is 2.21 bits per heavy atom. The molecule has 122 valence electrons. The molecule has 8 heteroatoms. The number of rotatable bonds is 5. The first-order valence-electron chi connectivity index (χ1n) is 7.11. The van der Waals surface area contributed by atoms with Crippen LogP contribution in [0.2, 0.25) is 5.02 Å². The summed E-state index contributed by atoms with van der Waals surface area (Å²) in [4.78, 5) is 12.0. The molecule has 0 atom stereocenters. The number of aromatic nitrogens is 3. The molecule has 0 radical (unpaired) electrons. The van der Waals surface area contributed by atoms with Crippen molar-refractivity contribution >= 4 is 34.8 Å². The Hall–Kier alpha value is -2.93. The van der Waals surface area contributed by atoms with Gasteiger partial charge in [-0.25, -0.2) is 10.1 Å². The quantitative estimate of drug-likeness (QED) is 0.569. The SMILES string of the molecule is COc1ccc(Cl)cc1C=NNC(=O)Cn1nnc2ccccc21. The van der Waals surface area contributed by atoms with Crippen LogP contribution in [0, 0.1) is 0 Å². The third kappa shape index (κ3) is 3.52. The van der Waals surface area contributed by atoms with Crippen LogP contribution in [0.4, 0.5) is 0 Å². The fourth-order valence-electron chi connectivity index (χ4n) is 2.19. The Kier molecular flexibility index (Phi) is 4.72. The average molecular weight is 344 g/mol. The molecular formula is C16H14ClN5O2. The van der Waals surface area contributed by atoms with Crippen LogP contribution < -0.4 is 10.2 Å². The highest BCUT2D eigenvalue weighted by molar-refractivity contribution is 6.30. The Balaban J connectivity index is 1.66. The van der Waals surface area contributed by atoms with E-state index in [0.29, 0.717) is 16.3 Å². The van der Waals surface area contributed by atoms with E-state index in [0.717, 1.165) is 11.0 Å². The minimum absolute atomic E-state index is 0.0184. The molecule has 2 aromatic carbocycles. The Bertz CT molecular complexity index is 906. The summed E-state index contributed by atoms with van der Waals surface area (Å²) in [5.41, 5.74) is 4.63. The standard InChI is InChI=1S/C16H14ClN5O2/c1-24-15-7-6-12(17)8-11(15)9-18-20-16(23)10-22-14-5-3-2-4-13(14)19-21-22/h2-9H,10H2,1H3,(H,20,23). The number of amides is 1. The summed E-state index contributed by atoms with van der Waals surface area (Å²) in [5.74, 6) is 0.294. The van der Waals surface area contributed by atoms with Crippen LogP contribution >= 0.6 is 11.6 Å². The Labute approximate surface area is 142 Å². The van der Waals surface area contributed by atoms with E-state index in [-0.39, 0.29) is 12.5 Å². The van der Waals surface area contributed by atoms with Crippen LogP contribution in [0.3, 0.4) is 0 Å². The lowest BCUT2D eigenvalue weighted by atomic mass is 10.2. The number of carbonyl (C=O) groups is 1. The maximum Gasteiger partial charge on any atom is 0.261 e. The zero-order chi connectivity index (χ0) is 16.9. The third-order valence-electron chi connectivity index (χ3n) is 3.30. The molecule has 1 N–H and O–H groups in total. The van der Waals surface area contributed by atoms with E-state index in [1.54, 1.807) is 25.3 Å². The van der Waals surface area contributed by atoms with Crippen molar-refractivity contribution in [2.24, 2.45) is 5.10 Å². The zero-order valence-electron chi connectivity index (χ0n) is 12.8. The van der Waals surface area contributed by atoms with Crippen LogP contribution in [-0.4, -0.2) is 34.2 Å². The first-order chi connectivity index (χ1) is 11.7. The molecule has 1 amide bonds. The maximum absolute atomic E-state index is 12.0. The van der Waals surface area contributed by atoms with E-state index in [4.69, 9.17) is 16.3 Å². The van der Waals surface area contributed by atoms with Gasteiger partial charge in [0.25, 0.3) is 5.91 Å². The molecule has 0 bridgehead atoms. The van der Waals surface area contributed by atoms with Crippen LogP contribution in [0.5, 0.6) is 5.75 Å². The predicted octanol–water partition coefficient (Wildman–Crippen LogP) is 2.24. The van der Waals surface area contributed by atoms with Crippen molar-refractivity contribution in [1.29, 1.82) is 0 Å².